The number of benzene rings is 1. The summed E-state index contributed by atoms with van der Waals surface area (Å²) < 4.78 is 5.43. The van der Waals surface area contributed by atoms with E-state index in [1.54, 1.807) is 7.11 Å². The molecule has 0 aliphatic carbocycles. The van der Waals surface area contributed by atoms with Gasteiger partial charge in [0.2, 0.25) is 0 Å². The number of hydrogen-bond donors (Lipinski definition) is 1. The topological polar surface area (TPSA) is 29.5 Å². The van der Waals surface area contributed by atoms with Crippen molar-refractivity contribution in [3.05, 3.63) is 35.4 Å². The van der Waals surface area contributed by atoms with E-state index in [4.69, 9.17) is 4.74 Å². The molecular weight excluding hydrogens is 212 g/mol. The van der Waals surface area contributed by atoms with E-state index in [1.165, 1.54) is 5.56 Å². The monoisotopic (exact) mass is 236 g/mol. The maximum Gasteiger partial charge on any atom is 0.0881 e. The van der Waals surface area contributed by atoms with Crippen molar-refractivity contribution >= 4 is 0 Å². The maximum absolute atomic E-state index is 10.3. The van der Waals surface area contributed by atoms with Crippen LogP contribution in [0.15, 0.2) is 24.3 Å². The Hall–Kier alpha value is -0.860. The molecule has 0 aliphatic rings. The van der Waals surface area contributed by atoms with Crippen molar-refractivity contribution in [3.8, 4) is 0 Å². The SMILES string of the molecule is COC(C(O)Cc1cccc(C)c1)C(C)(C)C. The van der Waals surface area contributed by atoms with Gasteiger partial charge in [-0.2, -0.15) is 0 Å². The molecular formula is C15H24O2. The highest BCUT2D eigenvalue weighted by Crippen LogP contribution is 2.26. The highest BCUT2D eigenvalue weighted by Gasteiger charge is 2.31. The number of ether oxygens (including phenoxy) is 1. The zero-order valence-electron chi connectivity index (χ0n) is 11.5. The van der Waals surface area contributed by atoms with Crippen molar-refractivity contribution in [2.24, 2.45) is 5.41 Å². The fraction of sp³-hybridized carbons (Fsp3) is 0.600. The Morgan fingerprint density at radius 2 is 1.94 bits per heavy atom. The van der Waals surface area contributed by atoms with Crippen molar-refractivity contribution in [2.75, 3.05) is 7.11 Å². The molecule has 2 atom stereocenters. The van der Waals surface area contributed by atoms with Gasteiger partial charge in [-0.15, -0.1) is 0 Å². The van der Waals surface area contributed by atoms with Gasteiger partial charge < -0.3 is 9.84 Å². The first-order valence-corrected chi connectivity index (χ1v) is 6.11. The second kappa shape index (κ2) is 5.65. The number of rotatable bonds is 4. The van der Waals surface area contributed by atoms with Crippen molar-refractivity contribution in [1.29, 1.82) is 0 Å². The summed E-state index contributed by atoms with van der Waals surface area (Å²) in [5, 5.41) is 10.3. The van der Waals surface area contributed by atoms with E-state index in [0.29, 0.717) is 6.42 Å². The molecule has 1 rings (SSSR count). The molecule has 0 bridgehead atoms. The molecule has 0 radical (unpaired) electrons. The largest absolute Gasteiger partial charge is 0.390 e. The van der Waals surface area contributed by atoms with E-state index < -0.39 is 6.10 Å². The zero-order valence-corrected chi connectivity index (χ0v) is 11.5. The van der Waals surface area contributed by atoms with Crippen LogP contribution in [0.4, 0.5) is 0 Å². The molecule has 0 heterocycles. The van der Waals surface area contributed by atoms with Gasteiger partial charge in [-0.05, 0) is 17.9 Å². The van der Waals surface area contributed by atoms with Gasteiger partial charge >= 0.3 is 0 Å². The van der Waals surface area contributed by atoms with Crippen LogP contribution in [0.25, 0.3) is 0 Å². The average molecular weight is 236 g/mol. The Kier molecular flexibility index (Phi) is 4.72. The van der Waals surface area contributed by atoms with Gasteiger partial charge in [0.15, 0.2) is 0 Å². The second-order valence-corrected chi connectivity index (χ2v) is 5.78. The Morgan fingerprint density at radius 1 is 1.29 bits per heavy atom. The minimum atomic E-state index is -0.471. The molecule has 1 aromatic rings. The first-order chi connectivity index (χ1) is 7.84. The smallest absolute Gasteiger partial charge is 0.0881 e. The van der Waals surface area contributed by atoms with E-state index >= 15 is 0 Å². The lowest BCUT2D eigenvalue weighted by atomic mass is 9.83. The van der Waals surface area contributed by atoms with Gasteiger partial charge in [-0.3, -0.25) is 0 Å². The molecule has 2 nitrogen and oxygen atoms in total. The molecule has 0 aromatic heterocycles. The first kappa shape index (κ1) is 14.2. The zero-order chi connectivity index (χ0) is 13.1. The standard InChI is InChI=1S/C15H24O2/c1-11-7-6-8-12(9-11)10-13(16)14(17-5)15(2,3)4/h6-9,13-14,16H,10H2,1-5H3. The molecule has 2 heteroatoms. The molecule has 0 aliphatic heterocycles. The van der Waals surface area contributed by atoms with Gasteiger partial charge in [0.1, 0.15) is 0 Å². The molecule has 96 valence electrons. The number of aliphatic hydroxyl groups excluding tert-OH is 1. The van der Waals surface area contributed by atoms with Crippen molar-refractivity contribution in [3.63, 3.8) is 0 Å². The van der Waals surface area contributed by atoms with Crippen LogP contribution in [0.2, 0.25) is 0 Å². The van der Waals surface area contributed by atoms with Crippen LogP contribution < -0.4 is 0 Å². The summed E-state index contributed by atoms with van der Waals surface area (Å²) in [6.45, 7) is 8.31. The third-order valence-electron chi connectivity index (χ3n) is 2.98. The molecule has 17 heavy (non-hydrogen) atoms. The third kappa shape index (κ3) is 4.14. The fourth-order valence-electron chi connectivity index (χ4n) is 2.28. The van der Waals surface area contributed by atoms with E-state index in [1.807, 2.05) is 12.1 Å². The molecule has 0 amide bonds. The Bertz CT molecular complexity index is 352. The van der Waals surface area contributed by atoms with E-state index in [0.717, 1.165) is 5.56 Å². The fourth-order valence-corrected chi connectivity index (χ4v) is 2.28. The van der Waals surface area contributed by atoms with Gasteiger partial charge in [-0.25, -0.2) is 0 Å². The van der Waals surface area contributed by atoms with E-state index in [9.17, 15) is 5.11 Å². The summed E-state index contributed by atoms with van der Waals surface area (Å²) >= 11 is 0. The lowest BCUT2D eigenvalue weighted by Gasteiger charge is -2.33. The Balaban J connectivity index is 2.74. The van der Waals surface area contributed by atoms with E-state index in [-0.39, 0.29) is 11.5 Å². The normalized spacial score (nSPS) is 15.6. The second-order valence-electron chi connectivity index (χ2n) is 5.78. The van der Waals surface area contributed by atoms with Crippen LogP contribution in [0.3, 0.4) is 0 Å². The van der Waals surface area contributed by atoms with Crippen LogP contribution in [-0.2, 0) is 11.2 Å². The Morgan fingerprint density at radius 3 is 2.41 bits per heavy atom. The quantitative estimate of drug-likeness (QED) is 0.871. The van der Waals surface area contributed by atoms with Gasteiger partial charge in [-0.1, -0.05) is 50.6 Å². The molecule has 0 spiro atoms. The summed E-state index contributed by atoms with van der Waals surface area (Å²) in [7, 11) is 1.66. The van der Waals surface area contributed by atoms with Crippen LogP contribution in [0, 0.1) is 12.3 Å². The molecule has 2 unspecified atom stereocenters. The predicted molar refractivity (Wildman–Crippen MR) is 71.1 cm³/mol. The minimum Gasteiger partial charge on any atom is -0.390 e. The van der Waals surface area contributed by atoms with Crippen LogP contribution in [0.5, 0.6) is 0 Å². The number of aliphatic hydroxyl groups is 1. The molecule has 0 saturated heterocycles. The van der Waals surface area contributed by atoms with E-state index in [2.05, 4.69) is 39.8 Å². The third-order valence-corrected chi connectivity index (χ3v) is 2.98. The minimum absolute atomic E-state index is 0.0575. The van der Waals surface area contributed by atoms with Crippen molar-refractivity contribution < 1.29 is 9.84 Å². The molecule has 0 saturated carbocycles. The highest BCUT2D eigenvalue weighted by atomic mass is 16.5. The van der Waals surface area contributed by atoms with Crippen LogP contribution in [0.1, 0.15) is 31.9 Å². The van der Waals surface area contributed by atoms with Gasteiger partial charge in [0.25, 0.3) is 0 Å². The lowest BCUT2D eigenvalue weighted by Crippen LogP contribution is -2.40. The molecule has 1 N–H and O–H groups in total. The first-order valence-electron chi connectivity index (χ1n) is 6.11. The average Bonchev–Trinajstić information content (AvgIpc) is 2.15. The molecule has 1 aromatic carbocycles. The molecule has 0 fully saturated rings. The predicted octanol–water partition coefficient (Wildman–Crippen LogP) is 2.96. The summed E-state index contributed by atoms with van der Waals surface area (Å²) in [5.74, 6) is 0. The summed E-state index contributed by atoms with van der Waals surface area (Å²) in [5.41, 5.74) is 2.32. The summed E-state index contributed by atoms with van der Waals surface area (Å²) in [4.78, 5) is 0. The number of hydrogen-bond acceptors (Lipinski definition) is 2. The van der Waals surface area contributed by atoms with Crippen molar-refractivity contribution in [1.82, 2.24) is 0 Å². The highest BCUT2D eigenvalue weighted by molar-refractivity contribution is 5.23. The van der Waals surface area contributed by atoms with Crippen LogP contribution in [-0.4, -0.2) is 24.4 Å². The van der Waals surface area contributed by atoms with Gasteiger partial charge in [0, 0.05) is 13.5 Å². The van der Waals surface area contributed by atoms with Crippen molar-refractivity contribution in [2.45, 2.75) is 46.3 Å². The lowest BCUT2D eigenvalue weighted by molar-refractivity contribution is -0.0699. The summed E-state index contributed by atoms with van der Waals surface area (Å²) in [6.07, 6.45) is 0.0158. The number of methoxy groups -OCH3 is 1. The van der Waals surface area contributed by atoms with Crippen LogP contribution >= 0.6 is 0 Å². The Labute approximate surface area is 105 Å². The number of aryl methyl sites for hydroxylation is 1. The summed E-state index contributed by atoms with van der Waals surface area (Å²) in [6, 6.07) is 8.24. The maximum atomic E-state index is 10.3. The van der Waals surface area contributed by atoms with Gasteiger partial charge in [0.05, 0.1) is 12.2 Å².